The van der Waals surface area contributed by atoms with Crippen molar-refractivity contribution < 1.29 is 14.3 Å². The van der Waals surface area contributed by atoms with Gasteiger partial charge in [-0.25, -0.2) is 0 Å². The molecule has 24 heavy (non-hydrogen) atoms. The highest BCUT2D eigenvalue weighted by Crippen LogP contribution is 2.26. The highest BCUT2D eigenvalue weighted by molar-refractivity contribution is 5.84. The summed E-state index contributed by atoms with van der Waals surface area (Å²) in [4.78, 5) is 32.7. The van der Waals surface area contributed by atoms with Gasteiger partial charge in [-0.05, 0) is 25.5 Å². The number of amides is 2. The van der Waals surface area contributed by atoms with Crippen molar-refractivity contribution in [1.82, 2.24) is 14.8 Å². The first kappa shape index (κ1) is 18.4. The molecule has 0 saturated carbocycles. The summed E-state index contributed by atoms with van der Waals surface area (Å²) < 4.78 is 5.08. The molecule has 1 aliphatic rings. The van der Waals surface area contributed by atoms with E-state index in [9.17, 15) is 9.59 Å². The Morgan fingerprint density at radius 2 is 2.25 bits per heavy atom. The molecule has 0 spiro atoms. The number of piperidine rings is 1. The molecule has 0 aliphatic carbocycles. The van der Waals surface area contributed by atoms with Crippen LogP contribution in [0.3, 0.4) is 0 Å². The summed E-state index contributed by atoms with van der Waals surface area (Å²) in [7, 11) is 3.45. The summed E-state index contributed by atoms with van der Waals surface area (Å²) in [5.74, 6) is 0.0707. The summed E-state index contributed by atoms with van der Waals surface area (Å²) in [5, 5.41) is 0. The first-order chi connectivity index (χ1) is 11.5. The Hall–Kier alpha value is -1.95. The summed E-state index contributed by atoms with van der Waals surface area (Å²) in [6, 6.07) is 5.71. The fourth-order valence-corrected chi connectivity index (χ4v) is 3.18. The number of likely N-dealkylation sites (tertiary alicyclic amines) is 1. The van der Waals surface area contributed by atoms with Crippen molar-refractivity contribution in [2.75, 3.05) is 33.9 Å². The summed E-state index contributed by atoms with van der Waals surface area (Å²) >= 11 is 0. The fourth-order valence-electron chi connectivity index (χ4n) is 3.18. The van der Waals surface area contributed by atoms with Gasteiger partial charge in [0.2, 0.25) is 11.8 Å². The van der Waals surface area contributed by atoms with E-state index in [1.165, 1.54) is 0 Å². The van der Waals surface area contributed by atoms with Gasteiger partial charge in [-0.2, -0.15) is 0 Å². The van der Waals surface area contributed by atoms with Crippen LogP contribution in [0.25, 0.3) is 0 Å². The minimum absolute atomic E-state index is 0.0915. The molecule has 2 heterocycles. The van der Waals surface area contributed by atoms with Gasteiger partial charge in [0.05, 0.1) is 12.5 Å². The van der Waals surface area contributed by atoms with E-state index in [-0.39, 0.29) is 23.8 Å². The number of carbonyl (C=O) groups is 2. The molecule has 6 heteroatoms. The molecule has 1 aromatic rings. The first-order valence-electron chi connectivity index (χ1n) is 8.48. The Balaban J connectivity index is 1.93. The lowest BCUT2D eigenvalue weighted by atomic mass is 9.88. The smallest absolute Gasteiger partial charge is 0.227 e. The van der Waals surface area contributed by atoms with Crippen LogP contribution in [0.2, 0.25) is 0 Å². The molecule has 0 bridgehead atoms. The van der Waals surface area contributed by atoms with E-state index in [4.69, 9.17) is 4.74 Å². The molecular formula is C18H27N3O3. The van der Waals surface area contributed by atoms with Crippen molar-refractivity contribution in [3.63, 3.8) is 0 Å². The molecule has 0 radical (unpaired) electrons. The molecule has 0 unspecified atom stereocenters. The van der Waals surface area contributed by atoms with Gasteiger partial charge < -0.3 is 14.5 Å². The SMILES string of the molecule is COCCN1C(=O)CC[C@@H](C(=O)N(C)CCc2ccccn2)[C@H]1C. The fraction of sp³-hybridized carbons (Fsp3) is 0.611. The molecule has 2 atom stereocenters. The molecule has 0 aromatic carbocycles. The van der Waals surface area contributed by atoms with E-state index in [1.54, 1.807) is 23.1 Å². The van der Waals surface area contributed by atoms with Crippen LogP contribution in [0.5, 0.6) is 0 Å². The average molecular weight is 333 g/mol. The van der Waals surface area contributed by atoms with Gasteiger partial charge >= 0.3 is 0 Å². The van der Waals surface area contributed by atoms with Gasteiger partial charge in [-0.15, -0.1) is 0 Å². The van der Waals surface area contributed by atoms with Gasteiger partial charge in [-0.3, -0.25) is 14.6 Å². The van der Waals surface area contributed by atoms with E-state index in [1.807, 2.05) is 32.2 Å². The average Bonchev–Trinajstić information content (AvgIpc) is 2.60. The standard InChI is InChI=1S/C18H27N3O3/c1-14-16(7-8-17(22)21(14)12-13-24-3)18(23)20(2)11-9-15-6-4-5-10-19-15/h4-6,10,14,16H,7-9,11-13H2,1-3H3/t14-,16-/m1/s1. The Labute approximate surface area is 143 Å². The lowest BCUT2D eigenvalue weighted by molar-refractivity contribution is -0.146. The number of hydrogen-bond donors (Lipinski definition) is 0. The predicted molar refractivity (Wildman–Crippen MR) is 91.4 cm³/mol. The maximum Gasteiger partial charge on any atom is 0.227 e. The molecule has 1 saturated heterocycles. The van der Waals surface area contributed by atoms with Crippen LogP contribution in [0.1, 0.15) is 25.5 Å². The molecule has 1 fully saturated rings. The third-order valence-corrected chi connectivity index (χ3v) is 4.72. The van der Waals surface area contributed by atoms with Crippen molar-refractivity contribution in [2.24, 2.45) is 5.92 Å². The van der Waals surface area contributed by atoms with E-state index >= 15 is 0 Å². The number of hydrogen-bond acceptors (Lipinski definition) is 4. The van der Waals surface area contributed by atoms with Crippen LogP contribution >= 0.6 is 0 Å². The van der Waals surface area contributed by atoms with Crippen LogP contribution in [0.4, 0.5) is 0 Å². The number of aromatic nitrogens is 1. The Bertz CT molecular complexity index is 550. The maximum atomic E-state index is 12.8. The minimum Gasteiger partial charge on any atom is -0.383 e. The van der Waals surface area contributed by atoms with Gasteiger partial charge in [0, 0.05) is 58.0 Å². The van der Waals surface area contributed by atoms with Crippen LogP contribution in [0, 0.1) is 5.92 Å². The molecule has 1 aromatic heterocycles. The topological polar surface area (TPSA) is 62.7 Å². The minimum atomic E-state index is -0.145. The monoisotopic (exact) mass is 333 g/mol. The van der Waals surface area contributed by atoms with Crippen molar-refractivity contribution in [2.45, 2.75) is 32.2 Å². The zero-order valence-corrected chi connectivity index (χ0v) is 14.8. The van der Waals surface area contributed by atoms with E-state index < -0.39 is 0 Å². The van der Waals surface area contributed by atoms with Crippen LogP contribution in [-0.4, -0.2) is 66.5 Å². The number of pyridine rings is 1. The lowest BCUT2D eigenvalue weighted by Gasteiger charge is -2.39. The van der Waals surface area contributed by atoms with Crippen LogP contribution in [0.15, 0.2) is 24.4 Å². The van der Waals surface area contributed by atoms with Gasteiger partial charge in [0.15, 0.2) is 0 Å². The van der Waals surface area contributed by atoms with E-state index in [0.29, 0.717) is 32.5 Å². The van der Waals surface area contributed by atoms with Crippen molar-refractivity contribution in [3.8, 4) is 0 Å². The van der Waals surface area contributed by atoms with E-state index in [2.05, 4.69) is 4.98 Å². The molecular weight excluding hydrogens is 306 g/mol. The predicted octanol–water partition coefficient (Wildman–Crippen LogP) is 1.36. The molecule has 2 rings (SSSR count). The van der Waals surface area contributed by atoms with E-state index in [0.717, 1.165) is 12.1 Å². The second kappa shape index (κ2) is 8.78. The summed E-state index contributed by atoms with van der Waals surface area (Å²) in [5.41, 5.74) is 0.978. The molecule has 132 valence electrons. The molecule has 2 amide bonds. The Morgan fingerprint density at radius 3 is 2.92 bits per heavy atom. The number of ether oxygens (including phenoxy) is 1. The number of methoxy groups -OCH3 is 1. The summed E-state index contributed by atoms with van der Waals surface area (Å²) in [6.45, 7) is 3.62. The normalized spacial score (nSPS) is 21.0. The highest BCUT2D eigenvalue weighted by atomic mass is 16.5. The number of carbonyl (C=O) groups excluding carboxylic acids is 2. The number of nitrogens with zero attached hydrogens (tertiary/aromatic N) is 3. The lowest BCUT2D eigenvalue weighted by Crippen LogP contribution is -2.53. The van der Waals surface area contributed by atoms with Crippen LogP contribution in [-0.2, 0) is 20.7 Å². The Kier molecular flexibility index (Phi) is 6.73. The first-order valence-corrected chi connectivity index (χ1v) is 8.48. The molecule has 6 nitrogen and oxygen atoms in total. The maximum absolute atomic E-state index is 12.8. The summed E-state index contributed by atoms with van der Waals surface area (Å²) in [6.07, 6.45) is 3.55. The third kappa shape index (κ3) is 4.54. The third-order valence-electron chi connectivity index (χ3n) is 4.72. The number of likely N-dealkylation sites (N-methyl/N-ethyl adjacent to an activating group) is 1. The second-order valence-corrected chi connectivity index (χ2v) is 6.30. The van der Waals surface area contributed by atoms with Crippen LogP contribution < -0.4 is 0 Å². The van der Waals surface area contributed by atoms with Gasteiger partial charge in [-0.1, -0.05) is 6.07 Å². The Morgan fingerprint density at radius 1 is 1.46 bits per heavy atom. The zero-order valence-electron chi connectivity index (χ0n) is 14.8. The zero-order chi connectivity index (χ0) is 17.5. The van der Waals surface area contributed by atoms with Crippen molar-refractivity contribution >= 4 is 11.8 Å². The highest BCUT2D eigenvalue weighted by Gasteiger charge is 2.37. The van der Waals surface area contributed by atoms with Crippen molar-refractivity contribution in [1.29, 1.82) is 0 Å². The second-order valence-electron chi connectivity index (χ2n) is 6.30. The largest absolute Gasteiger partial charge is 0.383 e. The number of rotatable bonds is 7. The molecule has 0 N–H and O–H groups in total. The van der Waals surface area contributed by atoms with Gasteiger partial charge in [0.25, 0.3) is 0 Å². The van der Waals surface area contributed by atoms with Gasteiger partial charge in [0.1, 0.15) is 0 Å². The van der Waals surface area contributed by atoms with Crippen molar-refractivity contribution in [3.05, 3.63) is 30.1 Å². The quantitative estimate of drug-likeness (QED) is 0.756. The molecule has 1 aliphatic heterocycles.